The molecule has 0 aliphatic carbocycles. The first-order valence-electron chi connectivity index (χ1n) is 6.11. The zero-order valence-electron chi connectivity index (χ0n) is 10.7. The number of hydrogen-bond acceptors (Lipinski definition) is 4. The lowest BCUT2D eigenvalue weighted by atomic mass is 10.2. The molecule has 3 rings (SSSR count). The number of hydrogen-bond donors (Lipinski definition) is 0. The average Bonchev–Trinajstić information content (AvgIpc) is 2.49. The normalized spacial score (nSPS) is 10.5. The van der Waals surface area contributed by atoms with Gasteiger partial charge in [0.05, 0.1) is 11.0 Å². The Morgan fingerprint density at radius 1 is 1.10 bits per heavy atom. The Balaban J connectivity index is 2.01. The van der Waals surface area contributed by atoms with Gasteiger partial charge in [-0.3, -0.25) is 15.1 Å². The Morgan fingerprint density at radius 2 is 1.90 bits per heavy atom. The minimum Gasteiger partial charge on any atom is -0.452 e. The quantitative estimate of drug-likeness (QED) is 0.537. The number of pyridine rings is 1. The van der Waals surface area contributed by atoms with Crippen LogP contribution in [-0.4, -0.2) is 9.91 Å². The highest BCUT2D eigenvalue weighted by atomic mass is 19.1. The van der Waals surface area contributed by atoms with Crippen LogP contribution in [0.25, 0.3) is 10.9 Å². The van der Waals surface area contributed by atoms with Gasteiger partial charge >= 0.3 is 0 Å². The Bertz CT molecular complexity index is 831. The molecule has 0 unspecified atom stereocenters. The fourth-order valence-electron chi connectivity index (χ4n) is 1.96. The Kier molecular flexibility index (Phi) is 3.19. The van der Waals surface area contributed by atoms with Crippen molar-refractivity contribution in [3.8, 4) is 11.5 Å². The summed E-state index contributed by atoms with van der Waals surface area (Å²) >= 11 is 0. The Labute approximate surface area is 118 Å². The predicted molar refractivity (Wildman–Crippen MR) is 74.9 cm³/mol. The van der Waals surface area contributed by atoms with Gasteiger partial charge in [-0.1, -0.05) is 18.2 Å². The average molecular weight is 284 g/mol. The van der Waals surface area contributed by atoms with Crippen molar-refractivity contribution in [1.82, 2.24) is 4.98 Å². The van der Waals surface area contributed by atoms with Crippen molar-refractivity contribution in [2.75, 3.05) is 0 Å². The van der Waals surface area contributed by atoms with Gasteiger partial charge in [-0.25, -0.2) is 4.39 Å². The van der Waals surface area contributed by atoms with Gasteiger partial charge in [-0.05, 0) is 18.2 Å². The number of halogens is 1. The summed E-state index contributed by atoms with van der Waals surface area (Å²) in [4.78, 5) is 14.1. The number of aromatic nitrogens is 1. The second-order valence-electron chi connectivity index (χ2n) is 4.31. The van der Waals surface area contributed by atoms with Crippen molar-refractivity contribution >= 4 is 16.6 Å². The third kappa shape index (κ3) is 2.51. The lowest BCUT2D eigenvalue weighted by Crippen LogP contribution is -1.93. The van der Waals surface area contributed by atoms with Crippen molar-refractivity contribution in [2.24, 2.45) is 0 Å². The summed E-state index contributed by atoms with van der Waals surface area (Å²) in [6.45, 7) is 0. The van der Waals surface area contributed by atoms with Gasteiger partial charge in [0.2, 0.25) is 0 Å². The Morgan fingerprint density at radius 3 is 2.67 bits per heavy atom. The minimum atomic E-state index is -0.794. The van der Waals surface area contributed by atoms with Gasteiger partial charge in [-0.2, -0.15) is 0 Å². The Hall–Kier alpha value is -3.02. The third-order valence-corrected chi connectivity index (χ3v) is 2.94. The molecule has 0 saturated carbocycles. The highest BCUT2D eigenvalue weighted by Crippen LogP contribution is 2.31. The van der Waals surface area contributed by atoms with Crippen LogP contribution in [0.2, 0.25) is 0 Å². The van der Waals surface area contributed by atoms with Crippen LogP contribution in [0.1, 0.15) is 0 Å². The maximum Gasteiger partial charge on any atom is 0.272 e. The van der Waals surface area contributed by atoms with Crippen LogP contribution in [0.4, 0.5) is 10.1 Å². The molecule has 3 aromatic rings. The van der Waals surface area contributed by atoms with E-state index in [1.54, 1.807) is 24.4 Å². The smallest absolute Gasteiger partial charge is 0.272 e. The molecule has 0 saturated heterocycles. The lowest BCUT2D eigenvalue weighted by molar-refractivity contribution is -0.385. The van der Waals surface area contributed by atoms with Crippen molar-refractivity contribution in [3.63, 3.8) is 0 Å². The summed E-state index contributed by atoms with van der Waals surface area (Å²) in [6, 6.07) is 12.2. The van der Waals surface area contributed by atoms with Crippen LogP contribution in [0.15, 0.2) is 54.7 Å². The second-order valence-corrected chi connectivity index (χ2v) is 4.31. The molecule has 6 heteroatoms. The van der Waals surface area contributed by atoms with E-state index in [4.69, 9.17) is 4.74 Å². The van der Waals surface area contributed by atoms with Gasteiger partial charge in [-0.15, -0.1) is 0 Å². The van der Waals surface area contributed by atoms with Crippen LogP contribution >= 0.6 is 0 Å². The van der Waals surface area contributed by atoms with E-state index in [0.29, 0.717) is 11.3 Å². The van der Waals surface area contributed by atoms with E-state index < -0.39 is 10.7 Å². The number of para-hydroxylation sites is 1. The molecule has 0 N–H and O–H groups in total. The minimum absolute atomic E-state index is 0.0845. The molecule has 21 heavy (non-hydrogen) atoms. The molecule has 0 aliphatic heterocycles. The van der Waals surface area contributed by atoms with Crippen LogP contribution in [0.3, 0.4) is 0 Å². The fraction of sp³-hybridized carbons (Fsp3) is 0. The van der Waals surface area contributed by atoms with Gasteiger partial charge in [0.25, 0.3) is 5.69 Å². The van der Waals surface area contributed by atoms with Gasteiger partial charge in [0, 0.05) is 17.6 Å². The van der Waals surface area contributed by atoms with Gasteiger partial charge in [0.1, 0.15) is 5.52 Å². The first kappa shape index (κ1) is 13.0. The van der Waals surface area contributed by atoms with Crippen molar-refractivity contribution < 1.29 is 14.1 Å². The number of nitro groups is 1. The van der Waals surface area contributed by atoms with Crippen LogP contribution in [0, 0.1) is 15.9 Å². The number of rotatable bonds is 3. The third-order valence-electron chi connectivity index (χ3n) is 2.94. The molecule has 0 radical (unpaired) electrons. The first-order chi connectivity index (χ1) is 10.1. The number of non-ortho nitro benzene ring substituents is 1. The number of fused-ring (bicyclic) bond motifs is 1. The van der Waals surface area contributed by atoms with E-state index in [-0.39, 0.29) is 11.4 Å². The SMILES string of the molecule is O=[N+]([O-])c1ccc(Oc2cccc3cccnc23)c(F)c1. The summed E-state index contributed by atoms with van der Waals surface area (Å²) < 4.78 is 19.3. The number of ether oxygens (including phenoxy) is 1. The van der Waals surface area contributed by atoms with Crippen molar-refractivity contribution in [2.45, 2.75) is 0 Å². The molecule has 104 valence electrons. The highest BCUT2D eigenvalue weighted by molar-refractivity contribution is 5.84. The number of benzene rings is 2. The van der Waals surface area contributed by atoms with E-state index in [0.717, 1.165) is 11.5 Å². The molecule has 0 atom stereocenters. The molecule has 5 nitrogen and oxygen atoms in total. The summed E-state index contributed by atoms with van der Waals surface area (Å²) in [5, 5.41) is 11.4. The molecule has 0 bridgehead atoms. The van der Waals surface area contributed by atoms with Crippen LogP contribution in [-0.2, 0) is 0 Å². The first-order valence-corrected chi connectivity index (χ1v) is 6.11. The van der Waals surface area contributed by atoms with Crippen molar-refractivity contribution in [3.05, 3.63) is 70.7 Å². The highest BCUT2D eigenvalue weighted by Gasteiger charge is 2.13. The van der Waals surface area contributed by atoms with E-state index in [2.05, 4.69) is 4.98 Å². The molecular weight excluding hydrogens is 275 g/mol. The summed E-state index contributed by atoms with van der Waals surface area (Å²) in [5.74, 6) is -0.489. The van der Waals surface area contributed by atoms with Crippen molar-refractivity contribution in [1.29, 1.82) is 0 Å². The van der Waals surface area contributed by atoms with E-state index in [1.807, 2.05) is 12.1 Å². The van der Waals surface area contributed by atoms with Crippen LogP contribution < -0.4 is 4.74 Å². The van der Waals surface area contributed by atoms with Crippen LogP contribution in [0.5, 0.6) is 11.5 Å². The topological polar surface area (TPSA) is 65.3 Å². The summed E-state index contributed by atoms with van der Waals surface area (Å²) in [5.41, 5.74) is 0.272. The zero-order valence-corrected chi connectivity index (χ0v) is 10.7. The largest absolute Gasteiger partial charge is 0.452 e. The number of nitro benzene ring substituents is 1. The molecule has 0 aliphatic rings. The van der Waals surface area contributed by atoms with E-state index in [1.165, 1.54) is 12.1 Å². The summed E-state index contributed by atoms with van der Waals surface area (Å²) in [7, 11) is 0. The second kappa shape index (κ2) is 5.16. The molecular formula is C15H9FN2O3. The number of nitrogens with zero attached hydrogens (tertiary/aromatic N) is 2. The van der Waals surface area contributed by atoms with E-state index >= 15 is 0 Å². The molecule has 2 aromatic carbocycles. The molecule has 1 aromatic heterocycles. The molecule has 0 fully saturated rings. The maximum absolute atomic E-state index is 13.8. The molecule has 0 spiro atoms. The molecule has 1 heterocycles. The maximum atomic E-state index is 13.8. The van der Waals surface area contributed by atoms with Gasteiger partial charge < -0.3 is 4.74 Å². The fourth-order valence-corrected chi connectivity index (χ4v) is 1.96. The monoisotopic (exact) mass is 284 g/mol. The zero-order chi connectivity index (χ0) is 14.8. The van der Waals surface area contributed by atoms with Gasteiger partial charge in [0.15, 0.2) is 17.3 Å². The van der Waals surface area contributed by atoms with E-state index in [9.17, 15) is 14.5 Å². The lowest BCUT2D eigenvalue weighted by Gasteiger charge is -2.08. The molecule has 0 amide bonds. The summed E-state index contributed by atoms with van der Waals surface area (Å²) in [6.07, 6.45) is 1.61. The predicted octanol–water partition coefficient (Wildman–Crippen LogP) is 4.07. The standard InChI is InChI=1S/C15H9FN2O3/c16-12-9-11(18(19)20)6-7-13(12)21-14-5-1-3-10-4-2-8-17-15(10)14/h1-9H.